The SMILES string of the molecule is Cc1c[nH]c2ncc(-c3cc(C4CCOC4)n(C4CC(F)(F)C4)n3)cc12. The van der Waals surface area contributed by atoms with Gasteiger partial charge < -0.3 is 9.72 Å². The van der Waals surface area contributed by atoms with E-state index in [0.717, 1.165) is 40.0 Å². The highest BCUT2D eigenvalue weighted by Crippen LogP contribution is 2.47. The summed E-state index contributed by atoms with van der Waals surface area (Å²) < 4.78 is 34.2. The van der Waals surface area contributed by atoms with E-state index in [1.807, 2.05) is 23.9 Å². The number of halogens is 2. The van der Waals surface area contributed by atoms with E-state index < -0.39 is 5.92 Å². The predicted molar refractivity (Wildman–Crippen MR) is 93.4 cm³/mol. The van der Waals surface area contributed by atoms with Crippen LogP contribution in [0.1, 0.15) is 42.5 Å². The van der Waals surface area contributed by atoms with Crippen molar-refractivity contribution in [2.45, 2.75) is 44.1 Å². The van der Waals surface area contributed by atoms with Gasteiger partial charge in [-0.3, -0.25) is 4.68 Å². The Labute approximate surface area is 149 Å². The predicted octanol–water partition coefficient (Wildman–Crippen LogP) is 4.21. The zero-order valence-corrected chi connectivity index (χ0v) is 14.5. The molecule has 5 nitrogen and oxygen atoms in total. The van der Waals surface area contributed by atoms with Gasteiger partial charge in [0.05, 0.1) is 18.3 Å². The number of aromatic amines is 1. The molecule has 26 heavy (non-hydrogen) atoms. The van der Waals surface area contributed by atoms with E-state index in [1.54, 1.807) is 6.20 Å². The molecule has 1 saturated heterocycles. The van der Waals surface area contributed by atoms with E-state index in [-0.39, 0.29) is 24.8 Å². The van der Waals surface area contributed by atoms with Gasteiger partial charge in [-0.15, -0.1) is 0 Å². The van der Waals surface area contributed by atoms with E-state index in [9.17, 15) is 8.78 Å². The van der Waals surface area contributed by atoms with Crippen molar-refractivity contribution in [3.63, 3.8) is 0 Å². The van der Waals surface area contributed by atoms with E-state index in [0.29, 0.717) is 13.2 Å². The summed E-state index contributed by atoms with van der Waals surface area (Å²) in [7, 11) is 0. The number of pyridine rings is 1. The highest BCUT2D eigenvalue weighted by Gasteiger charge is 2.47. The molecule has 7 heteroatoms. The monoisotopic (exact) mass is 358 g/mol. The van der Waals surface area contributed by atoms with Crippen LogP contribution in [-0.4, -0.2) is 38.9 Å². The Morgan fingerprint density at radius 2 is 2.15 bits per heavy atom. The molecular formula is C19H20F2N4O. The smallest absolute Gasteiger partial charge is 0.252 e. The molecule has 4 heterocycles. The Morgan fingerprint density at radius 3 is 2.88 bits per heavy atom. The van der Waals surface area contributed by atoms with E-state index in [4.69, 9.17) is 9.84 Å². The summed E-state index contributed by atoms with van der Waals surface area (Å²) in [5.74, 6) is -2.35. The molecule has 2 aliphatic rings. The van der Waals surface area contributed by atoms with Crippen molar-refractivity contribution in [2.24, 2.45) is 0 Å². The second-order valence-corrected chi connectivity index (χ2v) is 7.47. The molecule has 5 rings (SSSR count). The number of rotatable bonds is 3. The van der Waals surface area contributed by atoms with Crippen LogP contribution in [-0.2, 0) is 4.74 Å². The van der Waals surface area contributed by atoms with Crippen molar-refractivity contribution in [1.82, 2.24) is 19.7 Å². The molecule has 1 aliphatic heterocycles. The lowest BCUT2D eigenvalue weighted by Gasteiger charge is -2.36. The molecule has 0 aromatic carbocycles. The first-order valence-corrected chi connectivity index (χ1v) is 8.99. The number of hydrogen-bond donors (Lipinski definition) is 1. The zero-order valence-electron chi connectivity index (χ0n) is 14.5. The topological polar surface area (TPSA) is 55.7 Å². The van der Waals surface area contributed by atoms with Crippen molar-refractivity contribution in [1.29, 1.82) is 0 Å². The first-order valence-electron chi connectivity index (χ1n) is 8.99. The fourth-order valence-electron chi connectivity index (χ4n) is 3.99. The zero-order chi connectivity index (χ0) is 17.9. The van der Waals surface area contributed by atoms with Crippen LogP contribution in [0, 0.1) is 6.92 Å². The first kappa shape index (κ1) is 15.9. The fourth-order valence-corrected chi connectivity index (χ4v) is 3.99. The lowest BCUT2D eigenvalue weighted by atomic mass is 9.87. The standard InChI is InChI=1S/C19H20F2N4O/c1-11-8-22-18-15(11)4-13(9-23-18)16-5-17(12-2-3-26-10-12)25(24-16)14-6-19(20,21)7-14/h4-5,8-9,12,14H,2-3,6-7,10H2,1H3,(H,22,23). The van der Waals surface area contributed by atoms with Crippen LogP contribution in [0.25, 0.3) is 22.3 Å². The van der Waals surface area contributed by atoms with Crippen LogP contribution >= 0.6 is 0 Å². The summed E-state index contributed by atoms with van der Waals surface area (Å²) in [5.41, 5.74) is 4.66. The van der Waals surface area contributed by atoms with Crippen LogP contribution in [0.5, 0.6) is 0 Å². The summed E-state index contributed by atoms with van der Waals surface area (Å²) in [4.78, 5) is 7.60. The third-order valence-electron chi connectivity index (χ3n) is 5.56. The number of H-pyrrole nitrogens is 1. The van der Waals surface area contributed by atoms with Crippen molar-refractivity contribution < 1.29 is 13.5 Å². The van der Waals surface area contributed by atoms with Crippen LogP contribution in [0.2, 0.25) is 0 Å². The second-order valence-electron chi connectivity index (χ2n) is 7.47. The molecular weight excluding hydrogens is 338 g/mol. The number of aromatic nitrogens is 4. The van der Waals surface area contributed by atoms with Crippen molar-refractivity contribution in [2.75, 3.05) is 13.2 Å². The van der Waals surface area contributed by atoms with Gasteiger partial charge in [0.2, 0.25) is 0 Å². The minimum Gasteiger partial charge on any atom is -0.381 e. The third-order valence-corrected chi connectivity index (χ3v) is 5.56. The molecule has 1 N–H and O–H groups in total. The maximum absolute atomic E-state index is 13.4. The van der Waals surface area contributed by atoms with Gasteiger partial charge in [-0.2, -0.15) is 5.10 Å². The number of nitrogens with zero attached hydrogens (tertiary/aromatic N) is 3. The van der Waals surface area contributed by atoms with E-state index >= 15 is 0 Å². The fraction of sp³-hybridized carbons (Fsp3) is 0.474. The van der Waals surface area contributed by atoms with Crippen molar-refractivity contribution in [3.8, 4) is 11.3 Å². The van der Waals surface area contributed by atoms with Gasteiger partial charge >= 0.3 is 0 Å². The first-order chi connectivity index (χ1) is 12.5. The van der Waals surface area contributed by atoms with Crippen molar-refractivity contribution in [3.05, 3.63) is 35.8 Å². The number of hydrogen-bond acceptors (Lipinski definition) is 3. The Kier molecular flexibility index (Phi) is 3.44. The molecule has 1 saturated carbocycles. The van der Waals surface area contributed by atoms with Gasteiger partial charge in [0.1, 0.15) is 5.65 Å². The summed E-state index contributed by atoms with van der Waals surface area (Å²) in [5, 5.41) is 5.76. The van der Waals surface area contributed by atoms with Crippen molar-refractivity contribution >= 4 is 11.0 Å². The summed E-state index contributed by atoms with van der Waals surface area (Å²) in [6.07, 6.45) is 4.35. The molecule has 0 radical (unpaired) electrons. The Hall–Kier alpha value is -2.28. The molecule has 2 fully saturated rings. The molecule has 0 bridgehead atoms. The van der Waals surface area contributed by atoms with E-state index in [2.05, 4.69) is 16.0 Å². The minimum absolute atomic E-state index is 0.136. The molecule has 3 aromatic rings. The number of alkyl halides is 2. The number of nitrogens with one attached hydrogen (secondary N) is 1. The molecule has 1 unspecified atom stereocenters. The summed E-state index contributed by atoms with van der Waals surface area (Å²) in [6.45, 7) is 3.37. The van der Waals surface area contributed by atoms with Gasteiger partial charge in [-0.05, 0) is 31.0 Å². The second kappa shape index (κ2) is 5.61. The highest BCUT2D eigenvalue weighted by molar-refractivity contribution is 5.83. The van der Waals surface area contributed by atoms with Crippen LogP contribution in [0.3, 0.4) is 0 Å². The maximum Gasteiger partial charge on any atom is 0.252 e. The molecule has 1 aliphatic carbocycles. The van der Waals surface area contributed by atoms with Gasteiger partial charge in [0, 0.05) is 54.4 Å². The van der Waals surface area contributed by atoms with Gasteiger partial charge in [-0.1, -0.05) is 0 Å². The quantitative estimate of drug-likeness (QED) is 0.763. The average Bonchev–Trinajstić information content (AvgIpc) is 3.31. The van der Waals surface area contributed by atoms with E-state index in [1.165, 1.54) is 0 Å². The van der Waals surface area contributed by atoms with Gasteiger partial charge in [0.15, 0.2) is 0 Å². The molecule has 3 aromatic heterocycles. The molecule has 1 atom stereocenters. The molecule has 0 amide bonds. The lowest BCUT2D eigenvalue weighted by molar-refractivity contribution is -0.107. The third kappa shape index (κ3) is 2.53. The summed E-state index contributed by atoms with van der Waals surface area (Å²) >= 11 is 0. The highest BCUT2D eigenvalue weighted by atomic mass is 19.3. The van der Waals surface area contributed by atoms with Crippen LogP contribution in [0.4, 0.5) is 8.78 Å². The maximum atomic E-state index is 13.4. The Morgan fingerprint density at radius 1 is 1.31 bits per heavy atom. The normalized spacial score (nSPS) is 22.8. The summed E-state index contributed by atoms with van der Waals surface area (Å²) in [6, 6.07) is 3.85. The van der Waals surface area contributed by atoms with Gasteiger partial charge in [0.25, 0.3) is 5.92 Å². The minimum atomic E-state index is -2.57. The number of ether oxygens (including phenoxy) is 1. The van der Waals surface area contributed by atoms with Gasteiger partial charge in [-0.25, -0.2) is 13.8 Å². The molecule has 136 valence electrons. The lowest BCUT2D eigenvalue weighted by Crippen LogP contribution is -2.38. The Bertz CT molecular complexity index is 963. The Balaban J connectivity index is 1.56. The van der Waals surface area contributed by atoms with Crippen LogP contribution < -0.4 is 0 Å². The number of fused-ring (bicyclic) bond motifs is 1. The largest absolute Gasteiger partial charge is 0.381 e. The number of aryl methyl sites for hydroxylation is 1. The van der Waals surface area contributed by atoms with Crippen LogP contribution in [0.15, 0.2) is 24.5 Å². The average molecular weight is 358 g/mol. The molecule has 0 spiro atoms.